The van der Waals surface area contributed by atoms with Crippen LogP contribution in [0.4, 0.5) is 13.2 Å². The second kappa shape index (κ2) is 5.25. The zero-order chi connectivity index (χ0) is 14.0. The van der Waals surface area contributed by atoms with E-state index in [1.165, 1.54) is 12.1 Å². The Bertz CT molecular complexity index is 513. The van der Waals surface area contributed by atoms with Crippen LogP contribution in [0.1, 0.15) is 17.2 Å². The molecule has 0 amide bonds. The van der Waals surface area contributed by atoms with Crippen molar-refractivity contribution in [2.45, 2.75) is 12.3 Å². The summed E-state index contributed by atoms with van der Waals surface area (Å²) in [4.78, 5) is 0. The Morgan fingerprint density at radius 2 is 1.89 bits per heavy atom. The third kappa shape index (κ3) is 4.28. The Kier molecular flexibility index (Phi) is 4.36. The summed E-state index contributed by atoms with van der Waals surface area (Å²) in [6, 6.07) is 4.48. The van der Waals surface area contributed by atoms with Crippen LogP contribution in [0, 0.1) is 0 Å². The summed E-state index contributed by atoms with van der Waals surface area (Å²) in [7, 11) is -3.57. The number of rotatable bonds is 4. The summed E-state index contributed by atoms with van der Waals surface area (Å²) >= 11 is 0. The molecule has 0 aromatic heterocycles. The van der Waals surface area contributed by atoms with Crippen LogP contribution in [0.25, 0.3) is 0 Å². The van der Waals surface area contributed by atoms with Crippen molar-refractivity contribution in [1.29, 1.82) is 0 Å². The van der Waals surface area contributed by atoms with Gasteiger partial charge in [-0.1, -0.05) is 18.2 Å². The lowest BCUT2D eigenvalue weighted by Gasteiger charge is -2.17. The number of sulfonamides is 1. The molecule has 0 saturated heterocycles. The van der Waals surface area contributed by atoms with E-state index in [0.717, 1.165) is 18.4 Å². The summed E-state index contributed by atoms with van der Waals surface area (Å²) in [6.45, 7) is -0.508. The second-order valence-electron chi connectivity index (χ2n) is 3.72. The molecule has 1 aromatic carbocycles. The first-order valence-electron chi connectivity index (χ1n) is 4.90. The van der Waals surface area contributed by atoms with E-state index in [9.17, 15) is 26.7 Å². The van der Waals surface area contributed by atoms with E-state index in [4.69, 9.17) is 0 Å². The molecule has 4 nitrogen and oxygen atoms in total. The van der Waals surface area contributed by atoms with Crippen molar-refractivity contribution in [3.05, 3.63) is 35.4 Å². The van der Waals surface area contributed by atoms with Crippen LogP contribution < -0.4 is 4.72 Å². The van der Waals surface area contributed by atoms with E-state index in [-0.39, 0.29) is 5.56 Å². The highest BCUT2D eigenvalue weighted by Crippen LogP contribution is 2.34. The molecular formula is C10H12F3NO3S. The van der Waals surface area contributed by atoms with Crippen LogP contribution in [0.2, 0.25) is 0 Å². The topological polar surface area (TPSA) is 66.4 Å². The SMILES string of the molecule is CS(=O)(=O)NCC(O)c1ccccc1C(F)(F)F. The minimum Gasteiger partial charge on any atom is -0.387 e. The van der Waals surface area contributed by atoms with E-state index >= 15 is 0 Å². The average molecular weight is 283 g/mol. The van der Waals surface area contributed by atoms with Gasteiger partial charge in [0.1, 0.15) is 0 Å². The number of hydrogen-bond donors (Lipinski definition) is 2. The lowest BCUT2D eigenvalue weighted by Crippen LogP contribution is -2.28. The van der Waals surface area contributed by atoms with Gasteiger partial charge in [0, 0.05) is 6.54 Å². The van der Waals surface area contributed by atoms with Crippen molar-refractivity contribution in [2.75, 3.05) is 12.8 Å². The molecular weight excluding hydrogens is 271 g/mol. The van der Waals surface area contributed by atoms with Crippen molar-refractivity contribution >= 4 is 10.0 Å². The maximum absolute atomic E-state index is 12.6. The third-order valence-electron chi connectivity index (χ3n) is 2.16. The molecule has 2 N–H and O–H groups in total. The Balaban J connectivity index is 2.96. The molecule has 1 aromatic rings. The first-order valence-corrected chi connectivity index (χ1v) is 6.79. The highest BCUT2D eigenvalue weighted by molar-refractivity contribution is 7.88. The lowest BCUT2D eigenvalue weighted by atomic mass is 10.0. The highest BCUT2D eigenvalue weighted by atomic mass is 32.2. The van der Waals surface area contributed by atoms with E-state index in [2.05, 4.69) is 0 Å². The van der Waals surface area contributed by atoms with E-state index in [0.29, 0.717) is 0 Å². The summed E-state index contributed by atoms with van der Waals surface area (Å²) in [6.07, 6.45) is -5.30. The fourth-order valence-electron chi connectivity index (χ4n) is 1.39. The molecule has 0 spiro atoms. The molecule has 18 heavy (non-hydrogen) atoms. The van der Waals surface area contributed by atoms with Gasteiger partial charge in [0.05, 0.1) is 17.9 Å². The molecule has 0 fully saturated rings. The average Bonchev–Trinajstić information content (AvgIpc) is 2.24. The van der Waals surface area contributed by atoms with Gasteiger partial charge in [0.25, 0.3) is 0 Å². The van der Waals surface area contributed by atoms with E-state index in [1.807, 2.05) is 4.72 Å². The van der Waals surface area contributed by atoms with Gasteiger partial charge in [-0.3, -0.25) is 0 Å². The quantitative estimate of drug-likeness (QED) is 0.875. The molecule has 0 aliphatic heterocycles. The lowest BCUT2D eigenvalue weighted by molar-refractivity contribution is -0.139. The number of nitrogens with one attached hydrogen (secondary N) is 1. The largest absolute Gasteiger partial charge is 0.416 e. The van der Waals surface area contributed by atoms with Gasteiger partial charge in [-0.2, -0.15) is 13.2 Å². The predicted octanol–water partition coefficient (Wildman–Crippen LogP) is 1.29. The summed E-state index contributed by atoms with van der Waals surface area (Å²) in [5.41, 5.74) is -1.34. The summed E-state index contributed by atoms with van der Waals surface area (Å²) < 4.78 is 61.5. The van der Waals surface area contributed by atoms with E-state index in [1.54, 1.807) is 0 Å². The fraction of sp³-hybridized carbons (Fsp3) is 0.400. The Morgan fingerprint density at radius 3 is 2.39 bits per heavy atom. The van der Waals surface area contributed by atoms with Crippen LogP contribution in [0.15, 0.2) is 24.3 Å². The number of benzene rings is 1. The van der Waals surface area contributed by atoms with Crippen molar-refractivity contribution in [2.24, 2.45) is 0 Å². The van der Waals surface area contributed by atoms with Crippen molar-refractivity contribution < 1.29 is 26.7 Å². The van der Waals surface area contributed by atoms with Gasteiger partial charge >= 0.3 is 6.18 Å². The maximum Gasteiger partial charge on any atom is 0.416 e. The van der Waals surface area contributed by atoms with Crippen LogP contribution >= 0.6 is 0 Å². The van der Waals surface area contributed by atoms with Crippen LogP contribution in [0.5, 0.6) is 0 Å². The molecule has 0 aliphatic rings. The summed E-state index contributed by atoms with van der Waals surface area (Å²) in [5, 5.41) is 9.60. The van der Waals surface area contributed by atoms with Crippen LogP contribution in [-0.2, 0) is 16.2 Å². The van der Waals surface area contributed by atoms with Crippen molar-refractivity contribution in [3.8, 4) is 0 Å². The first-order chi connectivity index (χ1) is 8.11. The zero-order valence-electron chi connectivity index (χ0n) is 9.40. The number of hydrogen-bond acceptors (Lipinski definition) is 3. The maximum atomic E-state index is 12.6. The molecule has 0 radical (unpaired) electrons. The molecule has 0 aliphatic carbocycles. The third-order valence-corrected chi connectivity index (χ3v) is 2.86. The smallest absolute Gasteiger partial charge is 0.387 e. The normalized spacial score (nSPS) is 14.5. The molecule has 1 rings (SSSR count). The Hall–Kier alpha value is -1.12. The number of halogens is 3. The number of aliphatic hydroxyl groups is 1. The molecule has 1 atom stereocenters. The molecule has 0 bridgehead atoms. The van der Waals surface area contributed by atoms with Crippen molar-refractivity contribution in [3.63, 3.8) is 0 Å². The first kappa shape index (κ1) is 14.9. The molecule has 0 saturated carbocycles. The van der Waals surface area contributed by atoms with Gasteiger partial charge in [-0.25, -0.2) is 13.1 Å². The Morgan fingerprint density at radius 1 is 1.33 bits per heavy atom. The number of aliphatic hydroxyl groups excluding tert-OH is 1. The van der Waals surface area contributed by atoms with E-state index < -0.39 is 34.4 Å². The van der Waals surface area contributed by atoms with Gasteiger partial charge in [0.2, 0.25) is 10.0 Å². The van der Waals surface area contributed by atoms with Crippen LogP contribution in [-0.4, -0.2) is 26.3 Å². The zero-order valence-corrected chi connectivity index (χ0v) is 10.2. The fourth-order valence-corrected chi connectivity index (χ4v) is 1.85. The second-order valence-corrected chi connectivity index (χ2v) is 5.55. The molecule has 1 unspecified atom stereocenters. The standard InChI is InChI=1S/C10H12F3NO3S/c1-18(16,17)14-6-9(15)7-4-2-3-5-8(7)10(11,12)13/h2-5,9,14-15H,6H2,1H3. The predicted molar refractivity (Wildman–Crippen MR) is 59.3 cm³/mol. The van der Waals surface area contributed by atoms with Crippen molar-refractivity contribution in [1.82, 2.24) is 4.72 Å². The molecule has 0 heterocycles. The van der Waals surface area contributed by atoms with Gasteiger partial charge < -0.3 is 5.11 Å². The number of alkyl halides is 3. The monoisotopic (exact) mass is 283 g/mol. The summed E-state index contributed by atoms with van der Waals surface area (Å²) in [5.74, 6) is 0. The molecule has 8 heteroatoms. The highest BCUT2D eigenvalue weighted by Gasteiger charge is 2.34. The minimum absolute atomic E-state index is 0.360. The van der Waals surface area contributed by atoms with Gasteiger partial charge in [0.15, 0.2) is 0 Å². The van der Waals surface area contributed by atoms with Gasteiger partial charge in [-0.05, 0) is 11.6 Å². The molecule has 102 valence electrons. The van der Waals surface area contributed by atoms with Gasteiger partial charge in [-0.15, -0.1) is 0 Å². The minimum atomic E-state index is -4.59. The Labute approximate surface area is 102 Å². The van der Waals surface area contributed by atoms with Crippen LogP contribution in [0.3, 0.4) is 0 Å².